The Morgan fingerprint density at radius 1 is 0.982 bits per heavy atom. The van der Waals surface area contributed by atoms with Gasteiger partial charge in [0, 0.05) is 17.0 Å². The molecule has 13 nitrogen and oxygen atoms in total. The molecule has 5 rings (SSSR count). The van der Waals surface area contributed by atoms with E-state index in [1.54, 1.807) is 20.8 Å². The molecular weight excluding hydrogens is 879 g/mol. The van der Waals surface area contributed by atoms with E-state index in [2.05, 4.69) is 31.3 Å². The molecule has 2 aromatic heterocycles. The van der Waals surface area contributed by atoms with Crippen LogP contribution in [0.3, 0.4) is 0 Å². The predicted molar refractivity (Wildman–Crippen MR) is 203 cm³/mol. The zero-order valence-electron chi connectivity index (χ0n) is 30.1. The van der Waals surface area contributed by atoms with Crippen LogP contribution in [0.2, 0.25) is 5.02 Å². The zero-order chi connectivity index (χ0) is 41.7. The fourth-order valence-electron chi connectivity index (χ4n) is 5.77. The van der Waals surface area contributed by atoms with Gasteiger partial charge in [0.15, 0.2) is 5.82 Å². The molecule has 0 spiro atoms. The summed E-state index contributed by atoms with van der Waals surface area (Å²) in [6.07, 6.45) is -6.61. The molecule has 0 saturated heterocycles. The maximum atomic E-state index is 14.7. The first kappa shape index (κ1) is 42.8. The fourth-order valence-corrected chi connectivity index (χ4v) is 9.63. The summed E-state index contributed by atoms with van der Waals surface area (Å²) in [7, 11) is -9.62. The highest BCUT2D eigenvalue weighted by atomic mass is 79.9. The molecule has 56 heavy (non-hydrogen) atoms. The van der Waals surface area contributed by atoms with Crippen LogP contribution in [0.25, 0.3) is 27.5 Å². The molecule has 0 unspecified atom stereocenters. The van der Waals surface area contributed by atoms with Gasteiger partial charge in [0.05, 0.1) is 50.1 Å². The number of sulfonamides is 2. The van der Waals surface area contributed by atoms with E-state index in [4.69, 9.17) is 16.3 Å². The second-order valence-corrected chi connectivity index (χ2v) is 19.1. The number of ether oxygens (including phenoxy) is 1. The van der Waals surface area contributed by atoms with Gasteiger partial charge in [-0.1, -0.05) is 27.5 Å². The number of nitrogens with one attached hydrogen (secondary N) is 1. The Balaban J connectivity index is 1.97. The number of fused-ring (bicyclic) bond motifs is 2. The van der Waals surface area contributed by atoms with Crippen LogP contribution in [0.5, 0.6) is 0 Å². The number of hydrogen-bond donors (Lipinski definition) is 1. The molecule has 0 aliphatic carbocycles. The van der Waals surface area contributed by atoms with Crippen LogP contribution in [0.15, 0.2) is 57.8 Å². The molecule has 1 amide bonds. The smallest absolute Gasteiger partial charge is 0.408 e. The van der Waals surface area contributed by atoms with E-state index >= 15 is 0 Å². The van der Waals surface area contributed by atoms with Crippen LogP contribution in [-0.4, -0.2) is 65.5 Å². The maximum Gasteiger partial charge on any atom is 0.408 e. The lowest BCUT2D eigenvalue weighted by Gasteiger charge is -2.26. The van der Waals surface area contributed by atoms with Crippen LogP contribution in [-0.2, 0) is 37.7 Å². The van der Waals surface area contributed by atoms with Crippen molar-refractivity contribution in [1.82, 2.24) is 24.6 Å². The lowest BCUT2D eigenvalue weighted by atomic mass is 10.0. The third-order valence-electron chi connectivity index (χ3n) is 8.00. The van der Waals surface area contributed by atoms with Crippen molar-refractivity contribution < 1.29 is 48.3 Å². The minimum Gasteiger partial charge on any atom is -0.444 e. The normalized spacial score (nSPS) is 13.3. The van der Waals surface area contributed by atoms with Gasteiger partial charge in [-0.2, -0.15) is 18.3 Å². The minimum atomic E-state index is -5.06. The first-order chi connectivity index (χ1) is 25.9. The molecule has 1 N–H and O–H groups in total. The number of alkyl halides is 3. The van der Waals surface area contributed by atoms with Gasteiger partial charge in [-0.15, -0.1) is 3.71 Å². The van der Waals surface area contributed by atoms with E-state index in [9.17, 15) is 48.4 Å². The van der Waals surface area contributed by atoms with Gasteiger partial charge in [-0.3, -0.25) is 14.0 Å². The topological polar surface area (TPSA) is 163 Å². The van der Waals surface area contributed by atoms with Crippen molar-refractivity contribution in [2.24, 2.45) is 0 Å². The number of halogens is 7. The van der Waals surface area contributed by atoms with E-state index in [0.29, 0.717) is 10.5 Å². The predicted octanol–water partition coefficient (Wildman–Crippen LogP) is 7.31. The number of carbonyl (C=O) groups is 1. The second-order valence-electron chi connectivity index (χ2n) is 13.3. The number of carbonyl (C=O) groups excluding carboxylic acids is 1. The molecule has 0 aliphatic heterocycles. The Morgan fingerprint density at radius 2 is 1.59 bits per heavy atom. The fraction of sp³-hybridized carbons (Fsp3) is 0.353. The van der Waals surface area contributed by atoms with E-state index < -0.39 is 119 Å². The van der Waals surface area contributed by atoms with Gasteiger partial charge in [-0.25, -0.2) is 35.4 Å². The molecule has 0 fully saturated rings. The van der Waals surface area contributed by atoms with Gasteiger partial charge < -0.3 is 10.1 Å². The summed E-state index contributed by atoms with van der Waals surface area (Å²) in [5.74, 6) is -5.00. The Labute approximate surface area is 330 Å². The Hall–Kier alpha value is -4.34. The van der Waals surface area contributed by atoms with Crippen molar-refractivity contribution in [1.29, 1.82) is 0 Å². The molecule has 2 heterocycles. The molecule has 302 valence electrons. The summed E-state index contributed by atoms with van der Waals surface area (Å²) in [5, 5.41) is 5.28. The van der Waals surface area contributed by atoms with Gasteiger partial charge in [-0.05, 0) is 82.6 Å². The van der Waals surface area contributed by atoms with E-state index in [1.165, 1.54) is 18.2 Å². The minimum absolute atomic E-state index is 0.0148. The molecule has 5 aromatic rings. The van der Waals surface area contributed by atoms with Crippen LogP contribution in [0.1, 0.15) is 52.0 Å². The Morgan fingerprint density at radius 3 is 2.14 bits per heavy atom. The number of benzene rings is 3. The van der Waals surface area contributed by atoms with Gasteiger partial charge in [0.25, 0.3) is 5.56 Å². The van der Waals surface area contributed by atoms with Gasteiger partial charge >= 0.3 is 12.3 Å². The summed E-state index contributed by atoms with van der Waals surface area (Å²) >= 11 is 9.86. The molecule has 0 saturated carbocycles. The monoisotopic (exact) mass is 910 g/mol. The third kappa shape index (κ3) is 9.10. The molecule has 0 radical (unpaired) electrons. The number of nitrogens with zero attached hydrogens (tertiary/aromatic N) is 5. The lowest BCUT2D eigenvalue weighted by molar-refractivity contribution is -0.141. The highest BCUT2D eigenvalue weighted by Gasteiger charge is 2.39. The lowest BCUT2D eigenvalue weighted by Crippen LogP contribution is -2.39. The summed E-state index contributed by atoms with van der Waals surface area (Å²) in [5.41, 5.74) is -3.16. The number of hydrogen-bond acceptors (Lipinski definition) is 9. The number of anilines is 1. The van der Waals surface area contributed by atoms with Crippen molar-refractivity contribution in [2.75, 3.05) is 15.2 Å². The zero-order valence-corrected chi connectivity index (χ0v) is 34.1. The summed E-state index contributed by atoms with van der Waals surface area (Å²) in [6.45, 7) is 4.95. The van der Waals surface area contributed by atoms with Crippen LogP contribution in [0.4, 0.5) is 32.6 Å². The Kier molecular flexibility index (Phi) is 11.9. The largest absolute Gasteiger partial charge is 0.444 e. The highest BCUT2D eigenvalue weighted by molar-refractivity contribution is 9.10. The SMILES string of the molecule is CCS(=O)(=O)N(c1nn(CC(F)(F)F)c2c(-n3c([C@H](Cc4cc(F)cc(F)c4)NC(=O)OC(C)(C)C)nc4cc(Br)ccc4c3=O)ccc(Cl)c12)S(=O)(=O)CC. The van der Waals surface area contributed by atoms with Crippen molar-refractivity contribution in [3.05, 3.63) is 91.4 Å². The number of rotatable bonds is 11. The standard InChI is InChI=1S/C34H33BrClF5N6O7S2/c1-6-55(50,51)47(56(52,53)7-2)30-27-23(36)10-11-26(28(27)45(44-30)17-34(39,40)41)46-29(42-24-15-19(35)8-9-22(24)31(46)48)25(43-32(49)54-33(3,4)5)14-18-12-20(37)16-21(38)13-18/h8-13,15-16,25H,6-7,14,17H2,1-5H3,(H,43,49)/t25-/m0/s1. The van der Waals surface area contributed by atoms with Crippen LogP contribution < -0.4 is 14.6 Å². The molecule has 1 atom stereocenters. The first-order valence-corrected chi connectivity index (χ1v) is 20.9. The highest BCUT2D eigenvalue weighted by Crippen LogP contribution is 2.40. The average Bonchev–Trinajstić information content (AvgIpc) is 3.40. The van der Waals surface area contributed by atoms with Crippen molar-refractivity contribution in [2.45, 2.75) is 65.4 Å². The molecule has 0 bridgehead atoms. The van der Waals surface area contributed by atoms with E-state index in [0.717, 1.165) is 42.7 Å². The molecule has 0 aliphatic rings. The first-order valence-electron chi connectivity index (χ1n) is 16.5. The van der Waals surface area contributed by atoms with Gasteiger partial charge in [0.1, 0.15) is 29.6 Å². The average molecular weight is 912 g/mol. The van der Waals surface area contributed by atoms with Crippen molar-refractivity contribution >= 4 is 81.3 Å². The number of aromatic nitrogens is 4. The van der Waals surface area contributed by atoms with E-state index in [1.807, 2.05) is 0 Å². The van der Waals surface area contributed by atoms with Gasteiger partial charge in [0.2, 0.25) is 20.0 Å². The van der Waals surface area contributed by atoms with Crippen molar-refractivity contribution in [3.63, 3.8) is 0 Å². The van der Waals surface area contributed by atoms with E-state index in [-0.39, 0.29) is 24.9 Å². The summed E-state index contributed by atoms with van der Waals surface area (Å²) < 4.78 is 132. The van der Waals surface area contributed by atoms with Crippen molar-refractivity contribution in [3.8, 4) is 5.69 Å². The Bertz CT molecular complexity index is 2600. The number of alkyl carbamates (subject to hydrolysis) is 1. The summed E-state index contributed by atoms with van der Waals surface area (Å²) in [4.78, 5) is 32.6. The summed E-state index contributed by atoms with van der Waals surface area (Å²) in [6, 6.07) is 7.43. The molecule has 22 heteroatoms. The molecule has 3 aromatic carbocycles. The third-order valence-corrected chi connectivity index (χ3v) is 13.0. The van der Waals surface area contributed by atoms with Crippen LogP contribution >= 0.6 is 27.5 Å². The maximum absolute atomic E-state index is 14.7. The quantitative estimate of drug-likeness (QED) is 0.134. The second kappa shape index (κ2) is 15.5. The van der Waals surface area contributed by atoms with Crippen LogP contribution in [0, 0.1) is 11.6 Å². The number of amides is 1. The molecular formula is C34H33BrClF5N6O7S2.